The van der Waals surface area contributed by atoms with E-state index in [9.17, 15) is 4.39 Å². The molecule has 0 aliphatic carbocycles. The van der Waals surface area contributed by atoms with E-state index in [0.717, 1.165) is 19.3 Å². The smallest absolute Gasteiger partial charge is 0.165 e. The van der Waals surface area contributed by atoms with Crippen molar-refractivity contribution in [1.29, 1.82) is 5.41 Å². The van der Waals surface area contributed by atoms with Crippen LogP contribution in [0, 0.1) is 11.2 Å². The van der Waals surface area contributed by atoms with Crippen molar-refractivity contribution >= 4 is 5.84 Å². The highest BCUT2D eigenvalue weighted by Crippen LogP contribution is 2.18. The van der Waals surface area contributed by atoms with E-state index < -0.39 is 5.82 Å². The van der Waals surface area contributed by atoms with E-state index in [1.54, 1.807) is 6.07 Å². The summed E-state index contributed by atoms with van der Waals surface area (Å²) in [4.78, 5) is 0. The van der Waals surface area contributed by atoms with Crippen LogP contribution in [0.5, 0.6) is 5.75 Å². The van der Waals surface area contributed by atoms with E-state index in [1.807, 2.05) is 0 Å². The highest BCUT2D eigenvalue weighted by atomic mass is 19.1. The summed E-state index contributed by atoms with van der Waals surface area (Å²) in [6.45, 7) is 2.62. The van der Waals surface area contributed by atoms with Crippen molar-refractivity contribution in [2.24, 2.45) is 5.73 Å². The van der Waals surface area contributed by atoms with Crippen molar-refractivity contribution in [3.8, 4) is 5.75 Å². The Morgan fingerprint density at radius 2 is 2.19 bits per heavy atom. The molecule has 1 aromatic rings. The zero-order valence-corrected chi connectivity index (χ0v) is 9.42. The largest absolute Gasteiger partial charge is 0.491 e. The summed E-state index contributed by atoms with van der Waals surface area (Å²) in [7, 11) is 0. The summed E-state index contributed by atoms with van der Waals surface area (Å²) in [5.41, 5.74) is 5.62. The number of hydrogen-bond donors (Lipinski definition) is 2. The third kappa shape index (κ3) is 3.53. The molecule has 4 heteroatoms. The Kier molecular flexibility index (Phi) is 4.76. The first-order valence-electron chi connectivity index (χ1n) is 5.42. The summed E-state index contributed by atoms with van der Waals surface area (Å²) in [5, 5.41) is 7.17. The first kappa shape index (κ1) is 12.5. The maximum atomic E-state index is 13.4. The van der Waals surface area contributed by atoms with Crippen molar-refractivity contribution in [3.05, 3.63) is 29.6 Å². The van der Waals surface area contributed by atoms with E-state index in [4.69, 9.17) is 15.9 Å². The number of hydrogen-bond acceptors (Lipinski definition) is 2. The summed E-state index contributed by atoms with van der Waals surface area (Å²) < 4.78 is 18.7. The van der Waals surface area contributed by atoms with Gasteiger partial charge in [-0.2, -0.15) is 0 Å². The lowest BCUT2D eigenvalue weighted by Gasteiger charge is -2.07. The molecule has 0 bridgehead atoms. The molecule has 88 valence electrons. The van der Waals surface area contributed by atoms with Gasteiger partial charge in [-0.1, -0.05) is 19.8 Å². The van der Waals surface area contributed by atoms with Gasteiger partial charge in [0, 0.05) is 5.56 Å². The summed E-state index contributed by atoms with van der Waals surface area (Å²) in [5.74, 6) is -0.387. The summed E-state index contributed by atoms with van der Waals surface area (Å²) in [6, 6.07) is 4.32. The average molecular weight is 224 g/mol. The maximum Gasteiger partial charge on any atom is 0.165 e. The fraction of sp³-hybridized carbons (Fsp3) is 0.417. The van der Waals surface area contributed by atoms with Gasteiger partial charge in [0.15, 0.2) is 11.6 Å². The van der Waals surface area contributed by atoms with Crippen LogP contribution in [-0.2, 0) is 0 Å². The Morgan fingerprint density at radius 1 is 1.44 bits per heavy atom. The average Bonchev–Trinajstić information content (AvgIpc) is 2.26. The Morgan fingerprint density at radius 3 is 2.75 bits per heavy atom. The molecule has 0 spiro atoms. The fourth-order valence-corrected chi connectivity index (χ4v) is 1.32. The second-order valence-electron chi connectivity index (χ2n) is 3.61. The summed E-state index contributed by atoms with van der Waals surface area (Å²) >= 11 is 0. The van der Waals surface area contributed by atoms with Crippen molar-refractivity contribution in [3.63, 3.8) is 0 Å². The van der Waals surface area contributed by atoms with Gasteiger partial charge < -0.3 is 10.5 Å². The lowest BCUT2D eigenvalue weighted by Crippen LogP contribution is -2.11. The minimum absolute atomic E-state index is 0.142. The number of halogens is 1. The first-order valence-corrected chi connectivity index (χ1v) is 5.42. The third-order valence-corrected chi connectivity index (χ3v) is 2.25. The molecule has 0 saturated heterocycles. The van der Waals surface area contributed by atoms with Crippen LogP contribution in [0.3, 0.4) is 0 Å². The molecule has 0 unspecified atom stereocenters. The molecular weight excluding hydrogens is 207 g/mol. The van der Waals surface area contributed by atoms with Gasteiger partial charge in [0.1, 0.15) is 5.84 Å². The Balaban J connectivity index is 2.57. The molecule has 0 aliphatic heterocycles. The van der Waals surface area contributed by atoms with E-state index >= 15 is 0 Å². The Bertz CT molecular complexity index is 366. The minimum Gasteiger partial charge on any atom is -0.491 e. The van der Waals surface area contributed by atoms with Gasteiger partial charge in [-0.3, -0.25) is 5.41 Å². The monoisotopic (exact) mass is 224 g/mol. The van der Waals surface area contributed by atoms with Crippen LogP contribution >= 0.6 is 0 Å². The Hall–Kier alpha value is -1.58. The molecule has 3 N–H and O–H groups in total. The van der Waals surface area contributed by atoms with Crippen LogP contribution < -0.4 is 10.5 Å². The molecule has 0 fully saturated rings. The van der Waals surface area contributed by atoms with Crippen molar-refractivity contribution in [1.82, 2.24) is 0 Å². The summed E-state index contributed by atoms with van der Waals surface area (Å²) in [6.07, 6.45) is 3.10. The number of benzene rings is 1. The minimum atomic E-state index is -0.468. The first-order chi connectivity index (χ1) is 7.65. The van der Waals surface area contributed by atoms with Crippen LogP contribution in [0.2, 0.25) is 0 Å². The predicted octanol–water partition coefficient (Wildman–Crippen LogP) is 2.68. The number of nitrogens with one attached hydrogen (secondary N) is 1. The van der Waals surface area contributed by atoms with Gasteiger partial charge >= 0.3 is 0 Å². The fourth-order valence-electron chi connectivity index (χ4n) is 1.32. The van der Waals surface area contributed by atoms with Crippen molar-refractivity contribution in [2.75, 3.05) is 6.61 Å². The quantitative estimate of drug-likeness (QED) is 0.443. The maximum absolute atomic E-state index is 13.4. The normalized spacial score (nSPS) is 10.1. The standard InChI is InChI=1S/C12H17FN2O/c1-2-3-4-7-16-11-6-5-9(12(14)15)8-10(11)13/h5-6,8H,2-4,7H2,1H3,(H3,14,15). The number of amidine groups is 1. The van der Waals surface area contributed by atoms with Gasteiger partial charge in [0.05, 0.1) is 6.61 Å². The molecule has 0 saturated carbocycles. The topological polar surface area (TPSA) is 59.1 Å². The lowest BCUT2D eigenvalue weighted by molar-refractivity contribution is 0.291. The highest BCUT2D eigenvalue weighted by molar-refractivity contribution is 5.95. The number of rotatable bonds is 6. The van der Waals surface area contributed by atoms with Crippen molar-refractivity contribution < 1.29 is 9.13 Å². The molecule has 3 nitrogen and oxygen atoms in total. The van der Waals surface area contributed by atoms with Gasteiger partial charge in [-0.15, -0.1) is 0 Å². The molecule has 0 amide bonds. The van der Waals surface area contributed by atoms with Crippen molar-refractivity contribution in [2.45, 2.75) is 26.2 Å². The molecule has 16 heavy (non-hydrogen) atoms. The highest BCUT2D eigenvalue weighted by Gasteiger charge is 2.05. The second-order valence-corrected chi connectivity index (χ2v) is 3.61. The van der Waals surface area contributed by atoms with Gasteiger partial charge in [0.25, 0.3) is 0 Å². The van der Waals surface area contributed by atoms with Crippen LogP contribution in [0.15, 0.2) is 18.2 Å². The second kappa shape index (κ2) is 6.10. The van der Waals surface area contributed by atoms with Gasteiger partial charge in [-0.25, -0.2) is 4.39 Å². The molecule has 1 rings (SSSR count). The van der Waals surface area contributed by atoms with Crippen LogP contribution in [0.1, 0.15) is 31.7 Å². The molecule has 0 aliphatic rings. The molecule has 0 radical (unpaired) electrons. The van der Waals surface area contributed by atoms with Gasteiger partial charge in [-0.05, 0) is 24.6 Å². The zero-order chi connectivity index (χ0) is 12.0. The van der Waals surface area contributed by atoms with Crippen LogP contribution in [0.25, 0.3) is 0 Å². The molecular formula is C12H17FN2O. The Labute approximate surface area is 94.9 Å². The SMILES string of the molecule is CCCCCOc1ccc(C(=N)N)cc1F. The van der Waals surface area contributed by atoms with Crippen LogP contribution in [0.4, 0.5) is 4.39 Å². The molecule has 1 aromatic carbocycles. The number of ether oxygens (including phenoxy) is 1. The molecule has 0 aromatic heterocycles. The number of nitrogens with two attached hydrogens (primary N) is 1. The van der Waals surface area contributed by atoms with E-state index in [2.05, 4.69) is 6.92 Å². The lowest BCUT2D eigenvalue weighted by atomic mass is 10.2. The molecule has 0 atom stereocenters. The zero-order valence-electron chi connectivity index (χ0n) is 9.42. The predicted molar refractivity (Wildman–Crippen MR) is 62.4 cm³/mol. The third-order valence-electron chi connectivity index (χ3n) is 2.25. The number of unbranched alkanes of at least 4 members (excludes halogenated alkanes) is 2. The van der Waals surface area contributed by atoms with Crippen LogP contribution in [-0.4, -0.2) is 12.4 Å². The number of nitrogen functional groups attached to an aromatic ring is 1. The molecule has 0 heterocycles. The van der Waals surface area contributed by atoms with E-state index in [1.165, 1.54) is 12.1 Å². The van der Waals surface area contributed by atoms with E-state index in [-0.39, 0.29) is 11.6 Å². The van der Waals surface area contributed by atoms with Gasteiger partial charge in [0.2, 0.25) is 0 Å². The van der Waals surface area contributed by atoms with E-state index in [0.29, 0.717) is 12.2 Å².